The Morgan fingerprint density at radius 3 is 2.33 bits per heavy atom. The van der Waals surface area contributed by atoms with Gasteiger partial charge in [0.15, 0.2) is 11.6 Å². The largest absolute Gasteiger partial charge is 0.494 e. The summed E-state index contributed by atoms with van der Waals surface area (Å²) in [4.78, 5) is 18.7. The van der Waals surface area contributed by atoms with Crippen LogP contribution >= 0.6 is 23.2 Å². The van der Waals surface area contributed by atoms with Crippen LogP contribution in [0.1, 0.15) is 54.5 Å². The van der Waals surface area contributed by atoms with Crippen molar-refractivity contribution >= 4 is 40.3 Å². The summed E-state index contributed by atoms with van der Waals surface area (Å²) in [7, 11) is 0. The first kappa shape index (κ1) is 30.3. The van der Waals surface area contributed by atoms with Gasteiger partial charge < -0.3 is 9.47 Å². The second-order valence-corrected chi connectivity index (χ2v) is 11.5. The Labute approximate surface area is 261 Å². The minimum absolute atomic E-state index is 0.195. The van der Waals surface area contributed by atoms with E-state index in [0.29, 0.717) is 51.3 Å². The van der Waals surface area contributed by atoms with Crippen LogP contribution in [-0.4, -0.2) is 22.5 Å². The molecule has 220 valence electrons. The fourth-order valence-corrected chi connectivity index (χ4v) is 5.45. The van der Waals surface area contributed by atoms with Crippen molar-refractivity contribution in [2.45, 2.75) is 47.1 Å². The highest BCUT2D eigenvalue weighted by molar-refractivity contribution is 6.37. The summed E-state index contributed by atoms with van der Waals surface area (Å²) >= 11 is 13.2. The minimum atomic E-state index is -0.286. The number of hydrogen-bond acceptors (Lipinski definition) is 5. The molecule has 0 aliphatic rings. The summed E-state index contributed by atoms with van der Waals surface area (Å²) in [6.07, 6.45) is 1.55. The first-order chi connectivity index (χ1) is 20.7. The zero-order valence-corrected chi connectivity index (χ0v) is 26.3. The van der Waals surface area contributed by atoms with Crippen molar-refractivity contribution in [1.29, 1.82) is 0 Å². The third kappa shape index (κ3) is 6.61. The molecule has 1 aromatic heterocycles. The maximum absolute atomic E-state index is 13.8. The van der Waals surface area contributed by atoms with Gasteiger partial charge in [0.2, 0.25) is 0 Å². The minimum Gasteiger partial charge on any atom is -0.494 e. The normalized spacial score (nSPS) is 11.5. The van der Waals surface area contributed by atoms with E-state index in [2.05, 4.69) is 18.9 Å². The van der Waals surface area contributed by atoms with Gasteiger partial charge in [0.05, 0.1) is 33.8 Å². The van der Waals surface area contributed by atoms with E-state index in [1.165, 1.54) is 10.2 Å². The number of benzene rings is 4. The zero-order valence-electron chi connectivity index (χ0n) is 24.8. The van der Waals surface area contributed by atoms with Crippen LogP contribution in [0.25, 0.3) is 22.3 Å². The van der Waals surface area contributed by atoms with Crippen molar-refractivity contribution in [1.82, 2.24) is 9.66 Å². The van der Waals surface area contributed by atoms with Crippen molar-refractivity contribution in [3.8, 4) is 22.9 Å². The van der Waals surface area contributed by atoms with E-state index in [1.807, 2.05) is 75.4 Å². The first-order valence-corrected chi connectivity index (χ1v) is 14.9. The summed E-state index contributed by atoms with van der Waals surface area (Å²) in [6.45, 7) is 11.1. The Bertz CT molecular complexity index is 1860. The Balaban J connectivity index is 1.56. The van der Waals surface area contributed by atoms with E-state index in [-0.39, 0.29) is 11.5 Å². The number of nitrogens with zero attached hydrogens (tertiary/aromatic N) is 3. The first-order valence-electron chi connectivity index (χ1n) is 14.2. The molecule has 0 aliphatic heterocycles. The van der Waals surface area contributed by atoms with Gasteiger partial charge in [0.1, 0.15) is 12.4 Å². The second kappa shape index (κ2) is 13.0. The SMILES string of the molecule is CCOc1cc(C)c(-c2nc3ccccc3c(=O)n2N=Cc2cc(Cl)c(OCc3ccc(C)cc3)c(Cl)c2)cc1C(C)C. The molecule has 6 nitrogen and oxygen atoms in total. The fraction of sp³-hybridized carbons (Fsp3) is 0.229. The maximum Gasteiger partial charge on any atom is 0.282 e. The topological polar surface area (TPSA) is 65.7 Å². The highest BCUT2D eigenvalue weighted by Crippen LogP contribution is 2.36. The molecule has 0 spiro atoms. The average Bonchev–Trinajstić information content (AvgIpc) is 2.97. The molecule has 5 aromatic rings. The summed E-state index contributed by atoms with van der Waals surface area (Å²) in [5.41, 5.74) is 5.83. The van der Waals surface area contributed by atoms with Gasteiger partial charge in [-0.25, -0.2) is 4.98 Å². The number of rotatable bonds is 9. The molecule has 43 heavy (non-hydrogen) atoms. The molecular weight excluding hydrogens is 581 g/mol. The van der Waals surface area contributed by atoms with Crippen molar-refractivity contribution in [3.05, 3.63) is 121 Å². The van der Waals surface area contributed by atoms with Crippen molar-refractivity contribution in [3.63, 3.8) is 0 Å². The Morgan fingerprint density at radius 2 is 1.65 bits per heavy atom. The summed E-state index contributed by atoms with van der Waals surface area (Å²) in [5.74, 6) is 1.84. The van der Waals surface area contributed by atoms with Gasteiger partial charge in [0, 0.05) is 5.56 Å². The van der Waals surface area contributed by atoms with Crippen LogP contribution in [-0.2, 0) is 6.61 Å². The summed E-state index contributed by atoms with van der Waals surface area (Å²) < 4.78 is 13.2. The molecule has 0 bridgehead atoms. The molecule has 0 N–H and O–H groups in total. The number of ether oxygens (including phenoxy) is 2. The van der Waals surface area contributed by atoms with Crippen molar-refractivity contribution < 1.29 is 9.47 Å². The Hall–Kier alpha value is -4.13. The molecule has 0 saturated heterocycles. The standard InChI is InChI=1S/C35H33Cl2N3O3/c1-6-42-32-15-23(5)28(18-27(32)21(2)3)34-39-31-10-8-7-9-26(31)35(41)40(34)38-19-25-16-29(36)33(30(37)17-25)43-20-24-13-11-22(4)12-14-24/h7-19,21H,6,20H2,1-5H3. The van der Waals surface area contributed by atoms with E-state index in [0.717, 1.165) is 28.0 Å². The van der Waals surface area contributed by atoms with E-state index in [9.17, 15) is 4.79 Å². The average molecular weight is 615 g/mol. The number of para-hydroxylation sites is 1. The van der Waals surface area contributed by atoms with Crippen LogP contribution in [0.15, 0.2) is 82.7 Å². The third-order valence-corrected chi connectivity index (χ3v) is 7.68. The molecule has 0 unspecified atom stereocenters. The molecule has 1 heterocycles. The van der Waals surface area contributed by atoms with Gasteiger partial charge in [0.25, 0.3) is 5.56 Å². The Kier molecular flexibility index (Phi) is 9.19. The van der Waals surface area contributed by atoms with Crippen molar-refractivity contribution in [2.24, 2.45) is 5.10 Å². The van der Waals surface area contributed by atoms with E-state index >= 15 is 0 Å². The van der Waals surface area contributed by atoms with Gasteiger partial charge in [-0.3, -0.25) is 4.79 Å². The number of fused-ring (bicyclic) bond motifs is 1. The lowest BCUT2D eigenvalue weighted by molar-refractivity contribution is 0.306. The molecule has 0 fully saturated rings. The molecule has 0 saturated carbocycles. The van der Waals surface area contributed by atoms with Crippen molar-refractivity contribution in [2.75, 3.05) is 6.61 Å². The van der Waals surface area contributed by atoms with Crippen LogP contribution < -0.4 is 15.0 Å². The molecule has 0 amide bonds. The van der Waals surface area contributed by atoms with E-state index in [4.69, 9.17) is 37.7 Å². The summed E-state index contributed by atoms with van der Waals surface area (Å²) in [6, 6.07) is 22.8. The van der Waals surface area contributed by atoms with Crippen LogP contribution in [0, 0.1) is 13.8 Å². The molecule has 0 atom stereocenters. The Morgan fingerprint density at radius 1 is 0.953 bits per heavy atom. The molecule has 0 aliphatic carbocycles. The molecule has 5 rings (SSSR count). The lowest BCUT2D eigenvalue weighted by Crippen LogP contribution is -2.21. The third-order valence-electron chi connectivity index (χ3n) is 7.12. The second-order valence-electron chi connectivity index (χ2n) is 10.7. The van der Waals surface area contributed by atoms with Gasteiger partial charge in [-0.05, 0) is 85.3 Å². The molecular formula is C35H33Cl2N3O3. The van der Waals surface area contributed by atoms with Gasteiger partial charge >= 0.3 is 0 Å². The summed E-state index contributed by atoms with van der Waals surface area (Å²) in [5, 5.41) is 5.77. The number of aryl methyl sites for hydroxylation is 2. The quantitative estimate of drug-likeness (QED) is 0.156. The van der Waals surface area contributed by atoms with E-state index < -0.39 is 0 Å². The molecule has 8 heteroatoms. The predicted octanol–water partition coefficient (Wildman–Crippen LogP) is 8.97. The molecule has 4 aromatic carbocycles. The lowest BCUT2D eigenvalue weighted by atomic mass is 9.96. The smallest absolute Gasteiger partial charge is 0.282 e. The highest BCUT2D eigenvalue weighted by Gasteiger charge is 2.19. The fourth-order valence-electron chi connectivity index (χ4n) is 4.83. The molecule has 0 radical (unpaired) electrons. The van der Waals surface area contributed by atoms with Crippen LogP contribution in [0.3, 0.4) is 0 Å². The number of aromatic nitrogens is 2. The van der Waals surface area contributed by atoms with Crippen LogP contribution in [0.2, 0.25) is 10.0 Å². The monoisotopic (exact) mass is 613 g/mol. The number of hydrogen-bond donors (Lipinski definition) is 0. The number of halogens is 2. The van der Waals surface area contributed by atoms with Gasteiger partial charge in [-0.1, -0.05) is 79.0 Å². The van der Waals surface area contributed by atoms with Crippen LogP contribution in [0.4, 0.5) is 0 Å². The van der Waals surface area contributed by atoms with Gasteiger partial charge in [-0.2, -0.15) is 9.78 Å². The zero-order chi connectivity index (χ0) is 30.7. The van der Waals surface area contributed by atoms with Crippen LogP contribution in [0.5, 0.6) is 11.5 Å². The van der Waals surface area contributed by atoms with E-state index in [1.54, 1.807) is 24.4 Å². The predicted molar refractivity (Wildman–Crippen MR) is 176 cm³/mol. The maximum atomic E-state index is 13.8. The van der Waals surface area contributed by atoms with Gasteiger partial charge in [-0.15, -0.1) is 0 Å². The lowest BCUT2D eigenvalue weighted by Gasteiger charge is -2.18. The highest BCUT2D eigenvalue weighted by atomic mass is 35.5.